The first-order valence-electron chi connectivity index (χ1n) is 11.3. The second-order valence-electron chi connectivity index (χ2n) is 10.4. The van der Waals surface area contributed by atoms with E-state index in [1.54, 1.807) is 0 Å². The molecule has 25 heavy (non-hydrogen) atoms. The molecule has 4 unspecified atom stereocenters. The minimum absolute atomic E-state index is 0.900. The summed E-state index contributed by atoms with van der Waals surface area (Å²) in [5.41, 5.74) is 0. The smallest absolute Gasteiger partial charge is 0.00984 e. The first-order chi connectivity index (χ1) is 11.9. The van der Waals surface area contributed by atoms with Crippen molar-refractivity contribution in [2.45, 2.75) is 110 Å². The number of nitrogens with zero attached hydrogens (tertiary/aromatic N) is 2. The zero-order chi connectivity index (χ0) is 18.1. The summed E-state index contributed by atoms with van der Waals surface area (Å²) in [6.45, 7) is 9.56. The lowest BCUT2D eigenvalue weighted by Gasteiger charge is -2.48. The number of fused-ring (bicyclic) bond motifs is 4. The molecule has 4 fully saturated rings. The van der Waals surface area contributed by atoms with Crippen molar-refractivity contribution in [3.8, 4) is 0 Å². The highest BCUT2D eigenvalue weighted by Crippen LogP contribution is 2.40. The molecule has 4 heterocycles. The van der Waals surface area contributed by atoms with Crippen molar-refractivity contribution in [1.82, 2.24) is 9.80 Å². The Bertz CT molecular complexity index is 390. The zero-order valence-electron chi connectivity index (χ0n) is 17.9. The van der Waals surface area contributed by atoms with Gasteiger partial charge in [0.05, 0.1) is 0 Å². The third-order valence-corrected chi connectivity index (χ3v) is 8.40. The minimum Gasteiger partial charge on any atom is -0.300 e. The van der Waals surface area contributed by atoms with Crippen LogP contribution in [-0.4, -0.2) is 48.1 Å². The van der Waals surface area contributed by atoms with Gasteiger partial charge in [-0.1, -0.05) is 34.1 Å². The maximum absolute atomic E-state index is 2.66. The maximum Gasteiger partial charge on any atom is 0.00984 e. The third kappa shape index (κ3) is 4.43. The molecule has 2 heteroatoms. The predicted molar refractivity (Wildman–Crippen MR) is 109 cm³/mol. The summed E-state index contributed by atoms with van der Waals surface area (Å²) in [5.74, 6) is 3.82. The number of hydrogen-bond donors (Lipinski definition) is 0. The van der Waals surface area contributed by atoms with Gasteiger partial charge in [-0.25, -0.2) is 0 Å². The van der Waals surface area contributed by atoms with Crippen molar-refractivity contribution in [2.24, 2.45) is 23.7 Å². The van der Waals surface area contributed by atoms with Gasteiger partial charge in [-0.05, 0) is 89.1 Å². The van der Waals surface area contributed by atoms with Crippen molar-refractivity contribution in [3.05, 3.63) is 0 Å². The molecule has 0 saturated carbocycles. The average molecular weight is 349 g/mol. The predicted octanol–water partition coefficient (Wildman–Crippen LogP) is 5.42. The van der Waals surface area contributed by atoms with E-state index in [2.05, 4.69) is 51.6 Å². The Morgan fingerprint density at radius 1 is 0.560 bits per heavy atom. The van der Waals surface area contributed by atoms with Gasteiger partial charge in [-0.3, -0.25) is 0 Å². The van der Waals surface area contributed by atoms with Gasteiger partial charge in [0.1, 0.15) is 0 Å². The van der Waals surface area contributed by atoms with E-state index < -0.39 is 0 Å². The van der Waals surface area contributed by atoms with E-state index in [1.807, 2.05) is 0 Å². The van der Waals surface area contributed by atoms with E-state index in [1.165, 1.54) is 57.8 Å². The Morgan fingerprint density at radius 2 is 0.880 bits per heavy atom. The lowest BCUT2D eigenvalue weighted by molar-refractivity contribution is 0.0232. The van der Waals surface area contributed by atoms with Crippen LogP contribution in [0.1, 0.15) is 85.5 Å². The molecule has 146 valence electrons. The number of piperidine rings is 3. The van der Waals surface area contributed by atoms with Crippen LogP contribution >= 0.6 is 0 Å². The van der Waals surface area contributed by atoms with Crippen LogP contribution in [0.25, 0.3) is 0 Å². The van der Waals surface area contributed by atoms with Crippen LogP contribution in [0.5, 0.6) is 0 Å². The molecule has 2 nitrogen and oxygen atoms in total. The van der Waals surface area contributed by atoms with Crippen molar-refractivity contribution in [1.29, 1.82) is 0 Å². The summed E-state index contributed by atoms with van der Waals surface area (Å²) in [5, 5.41) is 0. The standard InChI is InChI=1S/C12H23N.C11H21N/c1-9(2)10-7-11-5-4-6-12(8-10)13(11)3;1-8(2)9-6-10-4-5-11(7-9)12(10)3/h9-12H,4-8H2,1-3H3;8-11H,4-7H2,1-3H3. The largest absolute Gasteiger partial charge is 0.300 e. The van der Waals surface area contributed by atoms with Gasteiger partial charge < -0.3 is 9.80 Å². The van der Waals surface area contributed by atoms with Gasteiger partial charge in [-0.15, -0.1) is 0 Å². The summed E-state index contributed by atoms with van der Waals surface area (Å²) in [6.07, 6.45) is 13.2. The zero-order valence-corrected chi connectivity index (χ0v) is 17.9. The summed E-state index contributed by atoms with van der Waals surface area (Å²) < 4.78 is 0. The highest BCUT2D eigenvalue weighted by atomic mass is 15.2. The number of rotatable bonds is 2. The second-order valence-corrected chi connectivity index (χ2v) is 10.4. The average Bonchev–Trinajstić information content (AvgIpc) is 2.76. The molecule has 0 spiro atoms. The van der Waals surface area contributed by atoms with E-state index in [-0.39, 0.29) is 0 Å². The molecule has 4 saturated heterocycles. The summed E-state index contributed by atoms with van der Waals surface area (Å²) in [7, 11) is 4.66. The van der Waals surface area contributed by atoms with E-state index in [0.717, 1.165) is 47.8 Å². The molecule has 4 aliphatic rings. The molecule has 4 atom stereocenters. The highest BCUT2D eigenvalue weighted by Gasteiger charge is 2.39. The lowest BCUT2D eigenvalue weighted by Crippen LogP contribution is -2.50. The van der Waals surface area contributed by atoms with Crippen LogP contribution < -0.4 is 0 Å². The molecule has 0 aromatic carbocycles. The van der Waals surface area contributed by atoms with Gasteiger partial charge in [0.2, 0.25) is 0 Å². The van der Waals surface area contributed by atoms with Gasteiger partial charge >= 0.3 is 0 Å². The fourth-order valence-electron chi connectivity index (χ4n) is 6.20. The molecule has 0 radical (unpaired) electrons. The van der Waals surface area contributed by atoms with Crippen LogP contribution in [0.15, 0.2) is 0 Å². The van der Waals surface area contributed by atoms with E-state index in [0.29, 0.717) is 0 Å². The summed E-state index contributed by atoms with van der Waals surface area (Å²) in [6, 6.07) is 3.69. The van der Waals surface area contributed by atoms with Gasteiger partial charge in [0, 0.05) is 24.2 Å². The van der Waals surface area contributed by atoms with Gasteiger partial charge in [0.15, 0.2) is 0 Å². The van der Waals surface area contributed by atoms with Gasteiger partial charge in [-0.2, -0.15) is 0 Å². The van der Waals surface area contributed by atoms with Crippen molar-refractivity contribution >= 4 is 0 Å². The third-order valence-electron chi connectivity index (χ3n) is 8.40. The minimum atomic E-state index is 0.900. The molecular formula is C23H44N2. The van der Waals surface area contributed by atoms with E-state index >= 15 is 0 Å². The first-order valence-corrected chi connectivity index (χ1v) is 11.3. The topological polar surface area (TPSA) is 6.48 Å². The van der Waals surface area contributed by atoms with Gasteiger partial charge in [0.25, 0.3) is 0 Å². The molecule has 4 rings (SSSR count). The van der Waals surface area contributed by atoms with E-state index in [4.69, 9.17) is 0 Å². The summed E-state index contributed by atoms with van der Waals surface area (Å²) in [4.78, 5) is 5.28. The van der Waals surface area contributed by atoms with E-state index in [9.17, 15) is 0 Å². The Labute approximate surface area is 157 Å². The van der Waals surface area contributed by atoms with Crippen LogP contribution in [0, 0.1) is 23.7 Å². The molecular weight excluding hydrogens is 304 g/mol. The van der Waals surface area contributed by atoms with Crippen LogP contribution in [0.3, 0.4) is 0 Å². The SMILES string of the molecule is CC(C)C1CC2CCC(C1)N2C.CC(C)C1CC2CCCC(C1)N2C. The summed E-state index contributed by atoms with van der Waals surface area (Å²) >= 11 is 0. The van der Waals surface area contributed by atoms with Crippen LogP contribution in [0.4, 0.5) is 0 Å². The quantitative estimate of drug-likeness (QED) is 0.657. The highest BCUT2D eigenvalue weighted by molar-refractivity contribution is 4.94. The molecule has 4 aliphatic heterocycles. The normalized spacial score (nSPS) is 41.8. The first kappa shape index (κ1) is 19.7. The molecule has 0 N–H and O–H groups in total. The second kappa shape index (κ2) is 8.30. The monoisotopic (exact) mass is 348 g/mol. The molecule has 0 aromatic heterocycles. The van der Waals surface area contributed by atoms with Crippen LogP contribution in [0.2, 0.25) is 0 Å². The maximum atomic E-state index is 2.66. The Hall–Kier alpha value is -0.0800. The fourth-order valence-corrected chi connectivity index (χ4v) is 6.20. The molecule has 4 bridgehead atoms. The fraction of sp³-hybridized carbons (Fsp3) is 1.00. The number of hydrogen-bond acceptors (Lipinski definition) is 2. The molecule has 0 amide bonds. The molecule has 0 aliphatic carbocycles. The Kier molecular flexibility index (Phi) is 6.53. The molecule has 0 aromatic rings. The Balaban J connectivity index is 0.000000146. The lowest BCUT2D eigenvalue weighted by atomic mass is 9.74. The van der Waals surface area contributed by atoms with Crippen molar-refractivity contribution in [2.75, 3.05) is 14.1 Å². The Morgan fingerprint density at radius 3 is 1.20 bits per heavy atom. The van der Waals surface area contributed by atoms with Crippen molar-refractivity contribution in [3.63, 3.8) is 0 Å². The van der Waals surface area contributed by atoms with Crippen LogP contribution in [-0.2, 0) is 0 Å². The van der Waals surface area contributed by atoms with Crippen molar-refractivity contribution < 1.29 is 0 Å².